The van der Waals surface area contributed by atoms with Gasteiger partial charge in [0.2, 0.25) is 0 Å². The van der Waals surface area contributed by atoms with Crippen LogP contribution >= 0.6 is 15.9 Å². The number of carbonyl (C=O) groups is 2. The van der Waals surface area contributed by atoms with E-state index in [-0.39, 0.29) is 12.1 Å². The topological polar surface area (TPSA) is 68.7 Å². The zero-order valence-electron chi connectivity index (χ0n) is 12.8. The SMILES string of the molecule is CCOC(=O)C(C)(C)CC1CN(c2ccc(Br)cn2)C(=O)O1. The lowest BCUT2D eigenvalue weighted by Gasteiger charge is -2.24. The number of pyridine rings is 1. The van der Waals surface area contributed by atoms with E-state index >= 15 is 0 Å². The molecule has 1 fully saturated rings. The van der Waals surface area contributed by atoms with Crippen LogP contribution in [0.4, 0.5) is 10.6 Å². The van der Waals surface area contributed by atoms with Gasteiger partial charge in [-0.05, 0) is 48.8 Å². The molecule has 2 rings (SSSR count). The molecule has 0 N–H and O–H groups in total. The van der Waals surface area contributed by atoms with Gasteiger partial charge in [-0.1, -0.05) is 0 Å². The Balaban J connectivity index is 2.03. The van der Waals surface area contributed by atoms with Crippen molar-refractivity contribution in [2.24, 2.45) is 5.41 Å². The summed E-state index contributed by atoms with van der Waals surface area (Å²) < 4.78 is 11.2. The van der Waals surface area contributed by atoms with E-state index in [0.717, 1.165) is 4.47 Å². The molecule has 0 bridgehead atoms. The molecule has 2 heterocycles. The van der Waals surface area contributed by atoms with Crippen LogP contribution in [0, 0.1) is 5.41 Å². The van der Waals surface area contributed by atoms with E-state index in [1.165, 1.54) is 4.90 Å². The molecular formula is C15H19BrN2O4. The number of ether oxygens (including phenoxy) is 2. The molecule has 0 spiro atoms. The van der Waals surface area contributed by atoms with Crippen molar-refractivity contribution in [3.63, 3.8) is 0 Å². The highest BCUT2D eigenvalue weighted by Gasteiger charge is 2.40. The van der Waals surface area contributed by atoms with Crippen molar-refractivity contribution >= 4 is 33.8 Å². The van der Waals surface area contributed by atoms with E-state index in [2.05, 4.69) is 20.9 Å². The fraction of sp³-hybridized carbons (Fsp3) is 0.533. The average molecular weight is 371 g/mol. The van der Waals surface area contributed by atoms with Gasteiger partial charge in [-0.25, -0.2) is 9.78 Å². The van der Waals surface area contributed by atoms with Crippen molar-refractivity contribution in [1.29, 1.82) is 0 Å². The fourth-order valence-corrected chi connectivity index (χ4v) is 2.56. The fourth-order valence-electron chi connectivity index (χ4n) is 2.32. The molecule has 0 aromatic carbocycles. The maximum Gasteiger partial charge on any atom is 0.415 e. The molecule has 1 unspecified atom stereocenters. The van der Waals surface area contributed by atoms with E-state index in [9.17, 15) is 9.59 Å². The predicted molar refractivity (Wildman–Crippen MR) is 84.6 cm³/mol. The van der Waals surface area contributed by atoms with E-state index in [1.54, 1.807) is 33.0 Å². The van der Waals surface area contributed by atoms with Crippen molar-refractivity contribution in [2.75, 3.05) is 18.1 Å². The summed E-state index contributed by atoms with van der Waals surface area (Å²) in [5, 5.41) is 0. The first kappa shape index (κ1) is 16.7. The molecule has 1 aromatic rings. The van der Waals surface area contributed by atoms with Crippen molar-refractivity contribution < 1.29 is 19.1 Å². The number of halogens is 1. The molecule has 120 valence electrons. The molecule has 1 aliphatic heterocycles. The van der Waals surface area contributed by atoms with Crippen molar-refractivity contribution in [3.8, 4) is 0 Å². The van der Waals surface area contributed by atoms with E-state index < -0.39 is 11.5 Å². The number of hydrogen-bond acceptors (Lipinski definition) is 5. The summed E-state index contributed by atoms with van der Waals surface area (Å²) in [6.07, 6.45) is 1.22. The van der Waals surface area contributed by atoms with Crippen LogP contribution in [0.25, 0.3) is 0 Å². The van der Waals surface area contributed by atoms with Crippen LogP contribution < -0.4 is 4.90 Å². The number of nitrogens with zero attached hydrogens (tertiary/aromatic N) is 2. The smallest absolute Gasteiger partial charge is 0.415 e. The summed E-state index contributed by atoms with van der Waals surface area (Å²) in [6, 6.07) is 3.55. The van der Waals surface area contributed by atoms with Gasteiger partial charge in [0.1, 0.15) is 11.9 Å². The number of esters is 1. The Bertz CT molecular complexity index is 559. The van der Waals surface area contributed by atoms with Crippen molar-refractivity contribution in [3.05, 3.63) is 22.8 Å². The van der Waals surface area contributed by atoms with Crippen molar-refractivity contribution in [1.82, 2.24) is 4.98 Å². The maximum atomic E-state index is 12.0. The highest BCUT2D eigenvalue weighted by Crippen LogP contribution is 2.30. The third-order valence-corrected chi connectivity index (χ3v) is 3.90. The highest BCUT2D eigenvalue weighted by atomic mass is 79.9. The van der Waals surface area contributed by atoms with Crippen LogP contribution in [0.15, 0.2) is 22.8 Å². The molecule has 6 nitrogen and oxygen atoms in total. The Labute approximate surface area is 137 Å². The quantitative estimate of drug-likeness (QED) is 0.744. The summed E-state index contributed by atoms with van der Waals surface area (Å²) in [4.78, 5) is 29.6. The average Bonchev–Trinajstić information content (AvgIpc) is 2.80. The molecule has 7 heteroatoms. The molecule has 1 aliphatic rings. The Kier molecular flexibility index (Phi) is 5.05. The summed E-state index contributed by atoms with van der Waals surface area (Å²) in [6.45, 7) is 6.06. The number of anilines is 1. The Morgan fingerprint density at radius 1 is 1.55 bits per heavy atom. The Morgan fingerprint density at radius 2 is 2.27 bits per heavy atom. The molecule has 1 aromatic heterocycles. The van der Waals surface area contributed by atoms with Crippen LogP contribution in [0.1, 0.15) is 27.2 Å². The lowest BCUT2D eigenvalue weighted by Crippen LogP contribution is -2.33. The molecule has 0 aliphatic carbocycles. The summed E-state index contributed by atoms with van der Waals surface area (Å²) >= 11 is 3.30. The predicted octanol–water partition coefficient (Wildman–Crippen LogP) is 3.15. The normalized spacial score (nSPS) is 18.3. The second-order valence-corrected chi connectivity index (χ2v) is 6.68. The number of amides is 1. The van der Waals surface area contributed by atoms with Gasteiger partial charge in [0.15, 0.2) is 0 Å². The monoisotopic (exact) mass is 370 g/mol. The van der Waals surface area contributed by atoms with Crippen LogP contribution in [0.2, 0.25) is 0 Å². The van der Waals surface area contributed by atoms with Gasteiger partial charge in [0.25, 0.3) is 0 Å². The largest absolute Gasteiger partial charge is 0.466 e. The second-order valence-electron chi connectivity index (χ2n) is 5.76. The zero-order valence-corrected chi connectivity index (χ0v) is 14.4. The maximum absolute atomic E-state index is 12.0. The minimum absolute atomic E-state index is 0.286. The number of rotatable bonds is 5. The second kappa shape index (κ2) is 6.64. The first-order chi connectivity index (χ1) is 10.3. The lowest BCUT2D eigenvalue weighted by atomic mass is 9.86. The summed E-state index contributed by atoms with van der Waals surface area (Å²) in [5.74, 6) is 0.246. The van der Waals surface area contributed by atoms with Gasteiger partial charge in [-0.2, -0.15) is 0 Å². The van der Waals surface area contributed by atoms with Crippen LogP contribution in [-0.4, -0.2) is 36.3 Å². The molecule has 22 heavy (non-hydrogen) atoms. The first-order valence-electron chi connectivity index (χ1n) is 7.10. The van der Waals surface area contributed by atoms with Crippen LogP contribution in [0.3, 0.4) is 0 Å². The Hall–Kier alpha value is -1.63. The third kappa shape index (κ3) is 3.76. The minimum Gasteiger partial charge on any atom is -0.466 e. The number of carbonyl (C=O) groups excluding carboxylic acids is 2. The van der Waals surface area contributed by atoms with Crippen LogP contribution in [0.5, 0.6) is 0 Å². The van der Waals surface area contributed by atoms with Gasteiger partial charge >= 0.3 is 12.1 Å². The molecular weight excluding hydrogens is 352 g/mol. The first-order valence-corrected chi connectivity index (χ1v) is 7.89. The highest BCUT2D eigenvalue weighted by molar-refractivity contribution is 9.10. The lowest BCUT2D eigenvalue weighted by molar-refractivity contribution is -0.154. The van der Waals surface area contributed by atoms with Crippen LogP contribution in [-0.2, 0) is 14.3 Å². The minimum atomic E-state index is -0.704. The van der Waals surface area contributed by atoms with E-state index in [4.69, 9.17) is 9.47 Å². The van der Waals surface area contributed by atoms with Gasteiger partial charge in [-0.15, -0.1) is 0 Å². The molecule has 0 saturated carbocycles. The van der Waals surface area contributed by atoms with E-state index in [1.807, 2.05) is 6.07 Å². The molecule has 0 radical (unpaired) electrons. The molecule has 1 saturated heterocycles. The van der Waals surface area contributed by atoms with Gasteiger partial charge in [-0.3, -0.25) is 9.69 Å². The molecule has 1 atom stereocenters. The number of hydrogen-bond donors (Lipinski definition) is 0. The molecule has 1 amide bonds. The summed E-state index contributed by atoms with van der Waals surface area (Å²) in [7, 11) is 0. The zero-order chi connectivity index (χ0) is 16.3. The number of cyclic esters (lactones) is 1. The van der Waals surface area contributed by atoms with E-state index in [0.29, 0.717) is 25.4 Å². The summed E-state index contributed by atoms with van der Waals surface area (Å²) in [5.41, 5.74) is -0.704. The van der Waals surface area contributed by atoms with Gasteiger partial charge in [0.05, 0.1) is 18.6 Å². The van der Waals surface area contributed by atoms with Gasteiger partial charge < -0.3 is 9.47 Å². The Morgan fingerprint density at radius 3 is 2.86 bits per heavy atom. The van der Waals surface area contributed by atoms with Crippen molar-refractivity contribution in [2.45, 2.75) is 33.3 Å². The number of aromatic nitrogens is 1. The third-order valence-electron chi connectivity index (χ3n) is 3.43. The standard InChI is InChI=1S/C15H19BrN2O4/c1-4-21-13(19)15(2,3)7-11-9-18(14(20)22-11)12-6-5-10(16)8-17-12/h5-6,8,11H,4,7,9H2,1-3H3. The van der Waals surface area contributed by atoms with Gasteiger partial charge in [0, 0.05) is 17.1 Å².